The molecular formula is C11H22N2. The summed E-state index contributed by atoms with van der Waals surface area (Å²) in [6, 6.07) is 1.73. The largest absolute Gasteiger partial charge is 0.314 e. The quantitative estimate of drug-likeness (QED) is 0.695. The van der Waals surface area contributed by atoms with E-state index < -0.39 is 0 Å². The number of nitrogens with zero attached hydrogens (tertiary/aromatic N) is 1. The van der Waals surface area contributed by atoms with E-state index in [9.17, 15) is 0 Å². The van der Waals surface area contributed by atoms with Gasteiger partial charge in [-0.2, -0.15) is 0 Å². The molecule has 2 fully saturated rings. The molecule has 0 aromatic rings. The van der Waals surface area contributed by atoms with E-state index in [4.69, 9.17) is 0 Å². The Kier molecular flexibility index (Phi) is 2.89. The zero-order chi connectivity index (χ0) is 9.26. The van der Waals surface area contributed by atoms with Gasteiger partial charge in [-0.3, -0.25) is 4.90 Å². The summed E-state index contributed by atoms with van der Waals surface area (Å²) in [5.74, 6) is 0.984. The Morgan fingerprint density at radius 3 is 2.77 bits per heavy atom. The van der Waals surface area contributed by atoms with Crippen LogP contribution in [0.3, 0.4) is 0 Å². The van der Waals surface area contributed by atoms with Crippen molar-refractivity contribution >= 4 is 0 Å². The monoisotopic (exact) mass is 182 g/mol. The van der Waals surface area contributed by atoms with Gasteiger partial charge in [-0.25, -0.2) is 0 Å². The summed E-state index contributed by atoms with van der Waals surface area (Å²) in [7, 11) is 0. The van der Waals surface area contributed by atoms with Crippen molar-refractivity contribution < 1.29 is 0 Å². The molecule has 2 rings (SSSR count). The Balaban J connectivity index is 1.87. The Bertz CT molecular complexity index is 163. The SMILES string of the molecule is CCC1CNCCN1C1CC(C)C1. The molecule has 0 radical (unpaired) electrons. The summed E-state index contributed by atoms with van der Waals surface area (Å²) in [6.45, 7) is 8.37. The minimum atomic E-state index is 0.811. The Hall–Kier alpha value is -0.0800. The summed E-state index contributed by atoms with van der Waals surface area (Å²) in [5.41, 5.74) is 0. The van der Waals surface area contributed by atoms with Crippen molar-refractivity contribution in [3.8, 4) is 0 Å². The second kappa shape index (κ2) is 3.97. The molecule has 1 saturated heterocycles. The van der Waals surface area contributed by atoms with Crippen molar-refractivity contribution in [3.05, 3.63) is 0 Å². The van der Waals surface area contributed by atoms with E-state index in [0.717, 1.165) is 18.0 Å². The molecule has 0 aromatic heterocycles. The van der Waals surface area contributed by atoms with Gasteiger partial charge in [-0.05, 0) is 25.2 Å². The number of piperazine rings is 1. The average molecular weight is 182 g/mol. The van der Waals surface area contributed by atoms with Crippen molar-refractivity contribution in [2.45, 2.75) is 45.2 Å². The first-order valence-electron chi connectivity index (χ1n) is 5.77. The average Bonchev–Trinajstić information content (AvgIpc) is 2.13. The maximum atomic E-state index is 3.49. The summed E-state index contributed by atoms with van der Waals surface area (Å²) in [5, 5.41) is 3.49. The van der Waals surface area contributed by atoms with E-state index in [1.54, 1.807) is 0 Å². The van der Waals surface area contributed by atoms with Crippen LogP contribution in [0.2, 0.25) is 0 Å². The highest BCUT2D eigenvalue weighted by Crippen LogP contribution is 2.32. The molecule has 0 aromatic carbocycles. The van der Waals surface area contributed by atoms with Gasteiger partial charge in [0, 0.05) is 31.7 Å². The number of hydrogen-bond donors (Lipinski definition) is 1. The van der Waals surface area contributed by atoms with Crippen LogP contribution in [0.25, 0.3) is 0 Å². The minimum absolute atomic E-state index is 0.811. The molecule has 76 valence electrons. The van der Waals surface area contributed by atoms with E-state index in [0.29, 0.717) is 0 Å². The predicted octanol–water partition coefficient (Wildman–Crippen LogP) is 1.47. The number of hydrogen-bond acceptors (Lipinski definition) is 2. The Labute approximate surface area is 81.7 Å². The third-order valence-electron chi connectivity index (χ3n) is 3.68. The van der Waals surface area contributed by atoms with Crippen LogP contribution < -0.4 is 5.32 Å². The van der Waals surface area contributed by atoms with Crippen LogP contribution in [0.1, 0.15) is 33.1 Å². The first-order chi connectivity index (χ1) is 6.31. The highest BCUT2D eigenvalue weighted by molar-refractivity contribution is 4.91. The lowest BCUT2D eigenvalue weighted by molar-refractivity contribution is 0.0317. The highest BCUT2D eigenvalue weighted by atomic mass is 15.2. The fourth-order valence-corrected chi connectivity index (χ4v) is 2.77. The van der Waals surface area contributed by atoms with E-state index in [-0.39, 0.29) is 0 Å². The number of nitrogens with one attached hydrogen (secondary N) is 1. The van der Waals surface area contributed by atoms with Crippen LogP contribution >= 0.6 is 0 Å². The molecule has 1 atom stereocenters. The zero-order valence-electron chi connectivity index (χ0n) is 8.92. The molecule has 0 spiro atoms. The van der Waals surface area contributed by atoms with Gasteiger partial charge in [0.15, 0.2) is 0 Å². The Morgan fingerprint density at radius 1 is 1.38 bits per heavy atom. The molecule has 1 aliphatic heterocycles. The van der Waals surface area contributed by atoms with E-state index in [1.807, 2.05) is 0 Å². The Morgan fingerprint density at radius 2 is 2.15 bits per heavy atom. The number of rotatable bonds is 2. The molecule has 0 amide bonds. The fourth-order valence-electron chi connectivity index (χ4n) is 2.77. The highest BCUT2D eigenvalue weighted by Gasteiger charge is 2.34. The normalized spacial score (nSPS) is 41.5. The van der Waals surface area contributed by atoms with Crippen molar-refractivity contribution in [2.75, 3.05) is 19.6 Å². The van der Waals surface area contributed by atoms with Crippen LogP contribution in [0.4, 0.5) is 0 Å². The van der Waals surface area contributed by atoms with E-state index in [2.05, 4.69) is 24.1 Å². The molecule has 1 unspecified atom stereocenters. The van der Waals surface area contributed by atoms with Gasteiger partial charge >= 0.3 is 0 Å². The van der Waals surface area contributed by atoms with Gasteiger partial charge in [-0.15, -0.1) is 0 Å². The van der Waals surface area contributed by atoms with Crippen LogP contribution in [-0.2, 0) is 0 Å². The van der Waals surface area contributed by atoms with Gasteiger partial charge in [0.1, 0.15) is 0 Å². The maximum Gasteiger partial charge on any atom is 0.0221 e. The molecule has 1 saturated carbocycles. The molecule has 2 nitrogen and oxygen atoms in total. The third-order valence-corrected chi connectivity index (χ3v) is 3.68. The summed E-state index contributed by atoms with van der Waals surface area (Å²) in [4.78, 5) is 2.75. The van der Waals surface area contributed by atoms with Crippen LogP contribution in [0.15, 0.2) is 0 Å². The topological polar surface area (TPSA) is 15.3 Å². The van der Waals surface area contributed by atoms with Gasteiger partial charge in [0.25, 0.3) is 0 Å². The minimum Gasteiger partial charge on any atom is -0.314 e. The molecule has 2 heteroatoms. The fraction of sp³-hybridized carbons (Fsp3) is 1.00. The molecule has 13 heavy (non-hydrogen) atoms. The lowest BCUT2D eigenvalue weighted by atomic mass is 9.80. The maximum absolute atomic E-state index is 3.49. The first kappa shape index (κ1) is 9.47. The summed E-state index contributed by atoms with van der Waals surface area (Å²) >= 11 is 0. The first-order valence-corrected chi connectivity index (χ1v) is 5.77. The zero-order valence-corrected chi connectivity index (χ0v) is 8.92. The van der Waals surface area contributed by atoms with Gasteiger partial charge in [-0.1, -0.05) is 13.8 Å². The smallest absolute Gasteiger partial charge is 0.0221 e. The van der Waals surface area contributed by atoms with Crippen LogP contribution in [0.5, 0.6) is 0 Å². The second-order valence-electron chi connectivity index (χ2n) is 4.73. The molecule has 1 N–H and O–H groups in total. The lowest BCUT2D eigenvalue weighted by Crippen LogP contribution is -2.57. The molecule has 1 aliphatic carbocycles. The van der Waals surface area contributed by atoms with Crippen LogP contribution in [-0.4, -0.2) is 36.6 Å². The molecular weight excluding hydrogens is 160 g/mol. The summed E-state index contributed by atoms with van der Waals surface area (Å²) in [6.07, 6.45) is 4.19. The molecule has 1 heterocycles. The van der Waals surface area contributed by atoms with E-state index in [1.165, 1.54) is 38.9 Å². The lowest BCUT2D eigenvalue weighted by Gasteiger charge is -2.47. The summed E-state index contributed by atoms with van der Waals surface area (Å²) < 4.78 is 0. The van der Waals surface area contributed by atoms with Crippen molar-refractivity contribution in [1.29, 1.82) is 0 Å². The third kappa shape index (κ3) is 1.89. The van der Waals surface area contributed by atoms with Gasteiger partial charge in [0.05, 0.1) is 0 Å². The van der Waals surface area contributed by atoms with Crippen molar-refractivity contribution in [1.82, 2.24) is 10.2 Å². The van der Waals surface area contributed by atoms with Crippen molar-refractivity contribution in [2.24, 2.45) is 5.92 Å². The van der Waals surface area contributed by atoms with Crippen LogP contribution in [0, 0.1) is 5.92 Å². The molecule has 0 bridgehead atoms. The predicted molar refractivity (Wildman–Crippen MR) is 55.8 cm³/mol. The standard InChI is InChI=1S/C11H22N2/c1-3-10-8-12-4-5-13(10)11-6-9(2)7-11/h9-12H,3-8H2,1-2H3. The second-order valence-corrected chi connectivity index (χ2v) is 4.73. The van der Waals surface area contributed by atoms with E-state index >= 15 is 0 Å². The van der Waals surface area contributed by atoms with Crippen molar-refractivity contribution in [3.63, 3.8) is 0 Å². The van der Waals surface area contributed by atoms with Gasteiger partial charge in [0.2, 0.25) is 0 Å². The molecule has 2 aliphatic rings. The van der Waals surface area contributed by atoms with Gasteiger partial charge < -0.3 is 5.32 Å².